The molecule has 11 aromatic rings. The van der Waals surface area contributed by atoms with Crippen molar-refractivity contribution in [1.82, 2.24) is 14.5 Å². The molecule has 0 aliphatic rings. The first-order valence-corrected chi connectivity index (χ1v) is 17.2. The maximum atomic E-state index is 6.11. The first-order valence-electron chi connectivity index (χ1n) is 16.4. The Labute approximate surface area is 284 Å². The van der Waals surface area contributed by atoms with E-state index < -0.39 is 0 Å². The molecule has 228 valence electrons. The molecule has 4 nitrogen and oxygen atoms in total. The largest absolute Gasteiger partial charge is 0.456 e. The maximum Gasteiger partial charge on any atom is 0.236 e. The molecule has 49 heavy (non-hydrogen) atoms. The molecule has 0 saturated heterocycles. The van der Waals surface area contributed by atoms with Crippen LogP contribution < -0.4 is 0 Å². The molecule has 0 aliphatic heterocycles. The van der Waals surface area contributed by atoms with Crippen LogP contribution in [0.1, 0.15) is 0 Å². The third-order valence-corrected chi connectivity index (χ3v) is 10.9. The SMILES string of the molecule is c1ccc(-c2nc(-n3c4ccccc4c4cc5ccccc5cc43)nc3sc4cc(-c5ccc6oc7ccccc7c6c5)ccc4c23)cc1. The number of hydrogen-bond donors (Lipinski definition) is 0. The van der Waals surface area contributed by atoms with E-state index in [-0.39, 0.29) is 0 Å². The molecule has 7 aromatic carbocycles. The lowest BCUT2D eigenvalue weighted by molar-refractivity contribution is 0.669. The van der Waals surface area contributed by atoms with Crippen molar-refractivity contribution in [2.75, 3.05) is 0 Å². The van der Waals surface area contributed by atoms with Gasteiger partial charge in [0.15, 0.2) is 0 Å². The lowest BCUT2D eigenvalue weighted by atomic mass is 10.0. The van der Waals surface area contributed by atoms with Crippen LogP contribution in [0.5, 0.6) is 0 Å². The van der Waals surface area contributed by atoms with Crippen molar-refractivity contribution in [2.24, 2.45) is 0 Å². The van der Waals surface area contributed by atoms with Gasteiger partial charge in [-0.1, -0.05) is 109 Å². The maximum absolute atomic E-state index is 6.11. The fraction of sp³-hybridized carbons (Fsp3) is 0. The predicted octanol–water partition coefficient (Wildman–Crippen LogP) is 12.3. The summed E-state index contributed by atoms with van der Waals surface area (Å²) >= 11 is 1.73. The Bertz CT molecular complexity index is 3110. The number of hydrogen-bond acceptors (Lipinski definition) is 4. The number of rotatable bonds is 3. The van der Waals surface area contributed by atoms with E-state index in [4.69, 9.17) is 14.4 Å². The van der Waals surface area contributed by atoms with Crippen molar-refractivity contribution >= 4 is 86.2 Å². The van der Waals surface area contributed by atoms with Gasteiger partial charge in [0, 0.05) is 42.6 Å². The van der Waals surface area contributed by atoms with Gasteiger partial charge in [0.1, 0.15) is 16.0 Å². The van der Waals surface area contributed by atoms with Crippen LogP contribution in [0.2, 0.25) is 0 Å². The highest BCUT2D eigenvalue weighted by Crippen LogP contribution is 2.42. The number of aromatic nitrogens is 3. The zero-order valence-corrected chi connectivity index (χ0v) is 26.9. The molecule has 11 rings (SSSR count). The van der Waals surface area contributed by atoms with Crippen LogP contribution in [0.4, 0.5) is 0 Å². The molecule has 0 unspecified atom stereocenters. The van der Waals surface area contributed by atoms with E-state index >= 15 is 0 Å². The Morgan fingerprint density at radius 3 is 2.08 bits per heavy atom. The molecule has 4 aromatic heterocycles. The molecule has 0 N–H and O–H groups in total. The van der Waals surface area contributed by atoms with Gasteiger partial charge >= 0.3 is 0 Å². The standard InChI is InChI=1S/C44H25N3OS/c1-2-10-26(11-3-1)42-41-33-20-18-30(29-19-21-39-35(23-29)32-15-7-9-17-38(32)48-39)25-40(33)49-43(41)46-44(45-42)47-36-16-8-6-14-31(36)34-22-27-12-4-5-13-28(27)24-37(34)47/h1-25H. The van der Waals surface area contributed by atoms with E-state index in [0.29, 0.717) is 5.95 Å². The topological polar surface area (TPSA) is 43.9 Å². The van der Waals surface area contributed by atoms with Crippen LogP contribution in [-0.4, -0.2) is 14.5 Å². The molecule has 0 bridgehead atoms. The fourth-order valence-corrected chi connectivity index (χ4v) is 8.63. The Morgan fingerprint density at radius 2 is 1.18 bits per heavy atom. The molecule has 0 atom stereocenters. The van der Waals surface area contributed by atoms with Crippen molar-refractivity contribution in [1.29, 1.82) is 0 Å². The van der Waals surface area contributed by atoms with Gasteiger partial charge in [-0.3, -0.25) is 4.57 Å². The fourth-order valence-electron chi connectivity index (χ4n) is 7.52. The van der Waals surface area contributed by atoms with Gasteiger partial charge in [-0.05, 0) is 64.4 Å². The first kappa shape index (κ1) is 26.7. The zero-order chi connectivity index (χ0) is 32.1. The molecule has 0 radical (unpaired) electrons. The zero-order valence-electron chi connectivity index (χ0n) is 26.1. The van der Waals surface area contributed by atoms with Crippen LogP contribution >= 0.6 is 11.3 Å². The predicted molar refractivity (Wildman–Crippen MR) is 205 cm³/mol. The molecular formula is C44H25N3OS. The van der Waals surface area contributed by atoms with E-state index in [0.717, 1.165) is 71.0 Å². The lowest BCUT2D eigenvalue weighted by Gasteiger charge is -2.10. The van der Waals surface area contributed by atoms with E-state index in [1.165, 1.54) is 26.2 Å². The molecule has 5 heteroatoms. The molecule has 0 aliphatic carbocycles. The molecule has 0 fully saturated rings. The van der Waals surface area contributed by atoms with Gasteiger partial charge in [0.25, 0.3) is 0 Å². The number of furan rings is 1. The smallest absolute Gasteiger partial charge is 0.236 e. The summed E-state index contributed by atoms with van der Waals surface area (Å²) in [5, 5.41) is 9.32. The van der Waals surface area contributed by atoms with Gasteiger partial charge in [-0.25, -0.2) is 9.97 Å². The summed E-state index contributed by atoms with van der Waals surface area (Å²) in [6, 6.07) is 53.7. The summed E-state index contributed by atoms with van der Waals surface area (Å²) < 4.78 is 9.53. The third kappa shape index (κ3) is 3.97. The van der Waals surface area contributed by atoms with Gasteiger partial charge in [0.2, 0.25) is 5.95 Å². The molecule has 4 heterocycles. The van der Waals surface area contributed by atoms with E-state index in [1.807, 2.05) is 12.1 Å². The third-order valence-electron chi connectivity index (χ3n) is 9.82. The monoisotopic (exact) mass is 643 g/mol. The summed E-state index contributed by atoms with van der Waals surface area (Å²) in [5.41, 5.74) is 8.35. The Balaban J connectivity index is 1.17. The van der Waals surface area contributed by atoms with E-state index in [2.05, 4.69) is 144 Å². The van der Waals surface area contributed by atoms with Crippen molar-refractivity contribution in [3.05, 3.63) is 152 Å². The Morgan fingerprint density at radius 1 is 0.469 bits per heavy atom. The second kappa shape index (κ2) is 10.1. The minimum atomic E-state index is 0.678. The quantitative estimate of drug-likeness (QED) is 0.192. The molecule has 0 spiro atoms. The second-order valence-corrected chi connectivity index (χ2v) is 13.6. The summed E-state index contributed by atoms with van der Waals surface area (Å²) in [7, 11) is 0. The Hall–Kier alpha value is -6.30. The highest BCUT2D eigenvalue weighted by atomic mass is 32.1. The highest BCUT2D eigenvalue weighted by molar-refractivity contribution is 7.25. The highest BCUT2D eigenvalue weighted by Gasteiger charge is 2.21. The van der Waals surface area contributed by atoms with E-state index in [9.17, 15) is 0 Å². The lowest BCUT2D eigenvalue weighted by Crippen LogP contribution is -2.02. The van der Waals surface area contributed by atoms with Crippen LogP contribution in [-0.2, 0) is 0 Å². The number of fused-ring (bicyclic) bond motifs is 10. The van der Waals surface area contributed by atoms with Gasteiger partial charge < -0.3 is 4.42 Å². The number of nitrogens with zero attached hydrogens (tertiary/aromatic N) is 3. The average Bonchev–Trinajstić information content (AvgIpc) is 3.82. The number of benzene rings is 7. The van der Waals surface area contributed by atoms with Crippen LogP contribution in [0, 0.1) is 0 Å². The minimum absolute atomic E-state index is 0.678. The normalized spacial score (nSPS) is 12.1. The van der Waals surface area contributed by atoms with Crippen molar-refractivity contribution in [3.8, 4) is 28.3 Å². The van der Waals surface area contributed by atoms with E-state index in [1.54, 1.807) is 11.3 Å². The van der Waals surface area contributed by atoms with Crippen molar-refractivity contribution in [2.45, 2.75) is 0 Å². The first-order chi connectivity index (χ1) is 24.3. The van der Waals surface area contributed by atoms with Crippen molar-refractivity contribution < 1.29 is 4.42 Å². The summed E-state index contributed by atoms with van der Waals surface area (Å²) in [5.74, 6) is 0.678. The van der Waals surface area contributed by atoms with Crippen LogP contribution in [0.15, 0.2) is 156 Å². The Kier molecular flexibility index (Phi) is 5.51. The minimum Gasteiger partial charge on any atom is -0.456 e. The second-order valence-electron chi connectivity index (χ2n) is 12.6. The molecular weight excluding hydrogens is 619 g/mol. The molecule has 0 saturated carbocycles. The molecule has 0 amide bonds. The van der Waals surface area contributed by atoms with Gasteiger partial charge in [0.05, 0.1) is 16.7 Å². The van der Waals surface area contributed by atoms with Gasteiger partial charge in [-0.2, -0.15) is 0 Å². The van der Waals surface area contributed by atoms with Crippen molar-refractivity contribution in [3.63, 3.8) is 0 Å². The average molecular weight is 644 g/mol. The number of para-hydroxylation sites is 2. The number of thiophene rings is 1. The summed E-state index contributed by atoms with van der Waals surface area (Å²) in [6.07, 6.45) is 0. The summed E-state index contributed by atoms with van der Waals surface area (Å²) in [6.45, 7) is 0. The van der Waals surface area contributed by atoms with Crippen LogP contribution in [0.25, 0.3) is 103 Å². The summed E-state index contributed by atoms with van der Waals surface area (Å²) in [4.78, 5) is 11.7. The van der Waals surface area contributed by atoms with Gasteiger partial charge in [-0.15, -0.1) is 11.3 Å². The van der Waals surface area contributed by atoms with Crippen LogP contribution in [0.3, 0.4) is 0 Å².